The number of aryl methyl sites for hydroxylation is 1. The number of halogens is 3. The second kappa shape index (κ2) is 6.05. The highest BCUT2D eigenvalue weighted by Crippen LogP contribution is 2.21. The Morgan fingerprint density at radius 2 is 1.90 bits per heavy atom. The number of hydrogen-bond acceptors (Lipinski definition) is 3. The summed E-state index contributed by atoms with van der Waals surface area (Å²) in [6, 6.07) is 0. The third kappa shape index (κ3) is 5.04. The van der Waals surface area contributed by atoms with Crippen LogP contribution in [0, 0.1) is 13.8 Å². The summed E-state index contributed by atoms with van der Waals surface area (Å²) in [5.74, 6) is -0.369. The van der Waals surface area contributed by atoms with Gasteiger partial charge in [-0.05, 0) is 27.7 Å². The molecule has 5 nitrogen and oxygen atoms in total. The lowest BCUT2D eigenvalue weighted by molar-refractivity contribution is -0.143. The SMILES string of the molecule is Cc1nn(CC(F)(F)F)c(C)c1CC(=O)NC(C)(C)CO. The lowest BCUT2D eigenvalue weighted by Crippen LogP contribution is -2.46. The summed E-state index contributed by atoms with van der Waals surface area (Å²) in [7, 11) is 0. The zero-order chi connectivity index (χ0) is 16.4. The molecular weight excluding hydrogens is 287 g/mol. The van der Waals surface area contributed by atoms with Crippen LogP contribution in [-0.2, 0) is 17.8 Å². The minimum atomic E-state index is -4.36. The number of rotatable bonds is 5. The second-order valence-electron chi connectivity index (χ2n) is 5.69. The van der Waals surface area contributed by atoms with E-state index in [1.807, 2.05) is 0 Å². The fourth-order valence-electron chi connectivity index (χ4n) is 1.94. The molecule has 0 saturated heterocycles. The first-order valence-electron chi connectivity index (χ1n) is 6.46. The van der Waals surface area contributed by atoms with E-state index in [2.05, 4.69) is 10.4 Å². The Morgan fingerprint density at radius 1 is 1.33 bits per heavy atom. The van der Waals surface area contributed by atoms with Crippen molar-refractivity contribution in [2.75, 3.05) is 6.61 Å². The lowest BCUT2D eigenvalue weighted by Gasteiger charge is -2.23. The number of hydrogen-bond donors (Lipinski definition) is 2. The first-order valence-corrected chi connectivity index (χ1v) is 6.46. The van der Waals surface area contributed by atoms with Crippen LogP contribution in [0.5, 0.6) is 0 Å². The number of nitrogens with zero attached hydrogens (tertiary/aromatic N) is 2. The van der Waals surface area contributed by atoms with E-state index in [9.17, 15) is 18.0 Å². The molecule has 0 bridgehead atoms. The summed E-state index contributed by atoms with van der Waals surface area (Å²) in [5.41, 5.74) is 0.418. The van der Waals surface area contributed by atoms with Crippen LogP contribution in [0.2, 0.25) is 0 Å². The van der Waals surface area contributed by atoms with Gasteiger partial charge in [0.05, 0.1) is 24.3 Å². The highest BCUT2D eigenvalue weighted by atomic mass is 19.4. The molecule has 2 N–H and O–H groups in total. The Balaban J connectivity index is 2.88. The highest BCUT2D eigenvalue weighted by Gasteiger charge is 2.30. The average Bonchev–Trinajstić information content (AvgIpc) is 2.54. The largest absolute Gasteiger partial charge is 0.408 e. The Hall–Kier alpha value is -1.57. The molecule has 1 rings (SSSR count). The number of aromatic nitrogens is 2. The molecule has 0 aliphatic rings. The zero-order valence-corrected chi connectivity index (χ0v) is 12.5. The van der Waals surface area contributed by atoms with E-state index in [-0.39, 0.29) is 18.9 Å². The second-order valence-corrected chi connectivity index (χ2v) is 5.69. The maximum absolute atomic E-state index is 12.4. The summed E-state index contributed by atoms with van der Waals surface area (Å²) in [6.07, 6.45) is -4.43. The van der Waals surface area contributed by atoms with Gasteiger partial charge in [0.2, 0.25) is 5.91 Å². The predicted octanol–water partition coefficient (Wildman–Crippen LogP) is 1.49. The molecule has 0 aromatic carbocycles. The van der Waals surface area contributed by atoms with Crippen molar-refractivity contribution in [1.82, 2.24) is 15.1 Å². The van der Waals surface area contributed by atoms with Crippen molar-refractivity contribution in [3.05, 3.63) is 17.0 Å². The van der Waals surface area contributed by atoms with Crippen LogP contribution in [-0.4, -0.2) is 39.1 Å². The molecule has 8 heteroatoms. The molecule has 0 aliphatic carbocycles. The van der Waals surface area contributed by atoms with Gasteiger partial charge in [0.1, 0.15) is 6.54 Å². The van der Waals surface area contributed by atoms with E-state index >= 15 is 0 Å². The quantitative estimate of drug-likeness (QED) is 0.866. The average molecular weight is 307 g/mol. The fraction of sp³-hybridized carbons (Fsp3) is 0.692. The van der Waals surface area contributed by atoms with Gasteiger partial charge in [0.25, 0.3) is 0 Å². The van der Waals surface area contributed by atoms with E-state index in [1.54, 1.807) is 20.8 Å². The van der Waals surface area contributed by atoms with Gasteiger partial charge in [-0.2, -0.15) is 18.3 Å². The molecule has 1 heterocycles. The van der Waals surface area contributed by atoms with Crippen molar-refractivity contribution < 1.29 is 23.1 Å². The molecule has 0 radical (unpaired) electrons. The van der Waals surface area contributed by atoms with Crippen molar-refractivity contribution in [2.24, 2.45) is 0 Å². The summed E-state index contributed by atoms with van der Waals surface area (Å²) in [5, 5.41) is 15.5. The van der Waals surface area contributed by atoms with Crippen LogP contribution in [0.1, 0.15) is 30.8 Å². The molecule has 0 spiro atoms. The van der Waals surface area contributed by atoms with E-state index < -0.39 is 18.3 Å². The number of aliphatic hydroxyl groups is 1. The van der Waals surface area contributed by atoms with Gasteiger partial charge in [-0.25, -0.2) is 0 Å². The molecule has 21 heavy (non-hydrogen) atoms. The molecule has 1 aromatic rings. The third-order valence-corrected chi connectivity index (χ3v) is 3.07. The van der Waals surface area contributed by atoms with Crippen LogP contribution >= 0.6 is 0 Å². The number of aliphatic hydroxyl groups excluding tert-OH is 1. The van der Waals surface area contributed by atoms with Crippen LogP contribution in [0.15, 0.2) is 0 Å². The van der Waals surface area contributed by atoms with Gasteiger partial charge in [-0.15, -0.1) is 0 Å². The van der Waals surface area contributed by atoms with Gasteiger partial charge in [0.15, 0.2) is 0 Å². The normalized spacial score (nSPS) is 12.6. The van der Waals surface area contributed by atoms with E-state index in [1.165, 1.54) is 6.92 Å². The molecule has 0 fully saturated rings. The molecule has 0 aliphatic heterocycles. The number of nitrogens with one attached hydrogen (secondary N) is 1. The molecule has 0 atom stereocenters. The number of carbonyl (C=O) groups is 1. The first-order chi connectivity index (χ1) is 9.45. The minimum Gasteiger partial charge on any atom is -0.394 e. The van der Waals surface area contributed by atoms with Gasteiger partial charge in [0, 0.05) is 11.3 Å². The highest BCUT2D eigenvalue weighted by molar-refractivity contribution is 5.79. The van der Waals surface area contributed by atoms with Gasteiger partial charge < -0.3 is 10.4 Å². The Labute approximate surface area is 121 Å². The lowest BCUT2D eigenvalue weighted by atomic mass is 10.1. The molecule has 0 unspecified atom stereocenters. The van der Waals surface area contributed by atoms with Crippen LogP contribution in [0.25, 0.3) is 0 Å². The molecule has 0 saturated carbocycles. The van der Waals surface area contributed by atoms with Crippen molar-refractivity contribution in [3.8, 4) is 0 Å². The van der Waals surface area contributed by atoms with Crippen molar-refractivity contribution in [1.29, 1.82) is 0 Å². The fourth-order valence-corrected chi connectivity index (χ4v) is 1.94. The van der Waals surface area contributed by atoms with Crippen molar-refractivity contribution >= 4 is 5.91 Å². The minimum absolute atomic E-state index is 0.0705. The monoisotopic (exact) mass is 307 g/mol. The molecule has 1 aromatic heterocycles. The van der Waals surface area contributed by atoms with Crippen LogP contribution < -0.4 is 5.32 Å². The zero-order valence-electron chi connectivity index (χ0n) is 12.5. The number of alkyl halides is 3. The van der Waals surface area contributed by atoms with Crippen LogP contribution in [0.3, 0.4) is 0 Å². The summed E-state index contributed by atoms with van der Waals surface area (Å²) in [6.45, 7) is 4.97. The van der Waals surface area contributed by atoms with E-state index in [0.717, 1.165) is 4.68 Å². The maximum Gasteiger partial charge on any atom is 0.408 e. The van der Waals surface area contributed by atoms with Gasteiger partial charge in [-0.3, -0.25) is 9.48 Å². The smallest absolute Gasteiger partial charge is 0.394 e. The van der Waals surface area contributed by atoms with E-state index in [4.69, 9.17) is 5.11 Å². The van der Waals surface area contributed by atoms with Gasteiger partial charge in [-0.1, -0.05) is 0 Å². The van der Waals surface area contributed by atoms with E-state index in [0.29, 0.717) is 17.0 Å². The topological polar surface area (TPSA) is 67.2 Å². The Kier molecular flexibility index (Phi) is 5.03. The summed E-state index contributed by atoms with van der Waals surface area (Å²) >= 11 is 0. The molecular formula is C13H20F3N3O2. The number of amides is 1. The molecule has 1 amide bonds. The number of carbonyl (C=O) groups excluding carboxylic acids is 1. The Bertz CT molecular complexity index is 521. The van der Waals surface area contributed by atoms with Gasteiger partial charge >= 0.3 is 6.18 Å². The summed E-state index contributed by atoms with van der Waals surface area (Å²) < 4.78 is 38.1. The Morgan fingerprint density at radius 3 is 2.38 bits per heavy atom. The summed E-state index contributed by atoms with van der Waals surface area (Å²) in [4.78, 5) is 11.9. The third-order valence-electron chi connectivity index (χ3n) is 3.07. The van der Waals surface area contributed by atoms with Crippen LogP contribution in [0.4, 0.5) is 13.2 Å². The predicted molar refractivity (Wildman–Crippen MR) is 70.8 cm³/mol. The molecule has 120 valence electrons. The first kappa shape index (κ1) is 17.5. The maximum atomic E-state index is 12.4. The standard InChI is InChI=1S/C13H20F3N3O2/c1-8-10(5-11(21)17-12(3,4)7-20)9(2)19(18-8)6-13(14,15)16/h20H,5-7H2,1-4H3,(H,17,21). The van der Waals surface area contributed by atoms with Crippen molar-refractivity contribution in [2.45, 2.75) is 52.4 Å². The van der Waals surface area contributed by atoms with Crippen molar-refractivity contribution in [3.63, 3.8) is 0 Å².